The van der Waals surface area contributed by atoms with Gasteiger partial charge in [0.15, 0.2) is 0 Å². The van der Waals surface area contributed by atoms with Crippen molar-refractivity contribution in [2.75, 3.05) is 19.6 Å². The number of carbonyl (C=O) groups is 1. The topological polar surface area (TPSA) is 58.1 Å². The Bertz CT molecular complexity index is 438. The predicted molar refractivity (Wildman–Crippen MR) is 72.0 cm³/mol. The fraction of sp³-hybridized carbons (Fsp3) is 0.750. The quantitative estimate of drug-likeness (QED) is 0.833. The van der Waals surface area contributed by atoms with E-state index in [9.17, 15) is 4.79 Å². The highest BCUT2D eigenvalue weighted by Crippen LogP contribution is 2.27. The van der Waals surface area contributed by atoms with Gasteiger partial charge in [0.05, 0.1) is 5.69 Å². The van der Waals surface area contributed by atoms with Crippen LogP contribution in [-0.2, 0) is 5.41 Å². The molecule has 0 bridgehead atoms. The van der Waals surface area contributed by atoms with Gasteiger partial charge in [-0.15, -0.1) is 5.10 Å². The number of rotatable bonds is 1. The van der Waals surface area contributed by atoms with E-state index in [1.54, 1.807) is 0 Å². The summed E-state index contributed by atoms with van der Waals surface area (Å²) < 4.78 is 3.96. The number of amides is 1. The van der Waals surface area contributed by atoms with E-state index in [0.29, 0.717) is 4.88 Å². The first-order valence-electron chi connectivity index (χ1n) is 6.26. The highest BCUT2D eigenvalue weighted by atomic mass is 32.1. The third-order valence-corrected chi connectivity index (χ3v) is 3.87. The summed E-state index contributed by atoms with van der Waals surface area (Å²) in [5, 5.41) is 7.42. The fourth-order valence-electron chi connectivity index (χ4n) is 2.09. The van der Waals surface area contributed by atoms with Crippen LogP contribution in [0.1, 0.15) is 43.1 Å². The lowest BCUT2D eigenvalue weighted by molar-refractivity contribution is 0.0658. The minimum absolute atomic E-state index is 0.0731. The van der Waals surface area contributed by atoms with Crippen molar-refractivity contribution in [3.05, 3.63) is 10.6 Å². The van der Waals surface area contributed by atoms with Gasteiger partial charge in [-0.3, -0.25) is 4.79 Å². The molecule has 0 unspecified atom stereocenters. The Morgan fingerprint density at radius 2 is 2.22 bits per heavy atom. The zero-order chi connectivity index (χ0) is 13.3. The van der Waals surface area contributed by atoms with Crippen LogP contribution in [0.15, 0.2) is 0 Å². The molecular formula is C12H20N4OS. The van der Waals surface area contributed by atoms with Gasteiger partial charge in [-0.25, -0.2) is 0 Å². The summed E-state index contributed by atoms with van der Waals surface area (Å²) >= 11 is 1.21. The molecule has 1 aromatic heterocycles. The molecule has 1 N–H and O–H groups in total. The molecule has 0 spiro atoms. The molecule has 1 atom stereocenters. The number of piperazine rings is 1. The first-order chi connectivity index (χ1) is 8.41. The first kappa shape index (κ1) is 13.4. The van der Waals surface area contributed by atoms with Gasteiger partial charge in [-0.2, -0.15) is 0 Å². The van der Waals surface area contributed by atoms with Crippen molar-refractivity contribution in [1.82, 2.24) is 19.8 Å². The number of hydrogen-bond donors (Lipinski definition) is 1. The van der Waals surface area contributed by atoms with Crippen molar-refractivity contribution in [3.63, 3.8) is 0 Å². The standard InChI is InChI=1S/C12H20N4OS/c1-8-7-13-5-6-16(8)11(17)9-10(12(2,3)4)14-15-18-9/h8,13H,5-7H2,1-4H3/t8-/m1/s1. The summed E-state index contributed by atoms with van der Waals surface area (Å²) in [5.74, 6) is 0.0731. The maximum Gasteiger partial charge on any atom is 0.267 e. The highest BCUT2D eigenvalue weighted by molar-refractivity contribution is 7.08. The SMILES string of the molecule is C[C@@H]1CNCCN1C(=O)c1snnc1C(C)(C)C. The van der Waals surface area contributed by atoms with Crippen LogP contribution >= 0.6 is 11.5 Å². The van der Waals surface area contributed by atoms with E-state index in [1.165, 1.54) is 11.5 Å². The maximum absolute atomic E-state index is 12.6. The van der Waals surface area contributed by atoms with E-state index in [4.69, 9.17) is 0 Å². The Kier molecular flexibility index (Phi) is 3.68. The third kappa shape index (κ3) is 2.54. The lowest BCUT2D eigenvalue weighted by Crippen LogP contribution is -2.52. The van der Waals surface area contributed by atoms with Crippen LogP contribution in [0, 0.1) is 0 Å². The van der Waals surface area contributed by atoms with E-state index < -0.39 is 0 Å². The molecule has 100 valence electrons. The summed E-state index contributed by atoms with van der Waals surface area (Å²) in [7, 11) is 0. The van der Waals surface area contributed by atoms with E-state index in [1.807, 2.05) is 4.90 Å². The summed E-state index contributed by atoms with van der Waals surface area (Å²) in [6.45, 7) is 10.7. The molecule has 0 saturated carbocycles. The maximum atomic E-state index is 12.6. The molecule has 18 heavy (non-hydrogen) atoms. The average molecular weight is 268 g/mol. The predicted octanol–water partition coefficient (Wildman–Crippen LogP) is 1.27. The van der Waals surface area contributed by atoms with Crippen LogP contribution < -0.4 is 5.32 Å². The van der Waals surface area contributed by atoms with Gasteiger partial charge in [-0.1, -0.05) is 25.3 Å². The number of nitrogens with one attached hydrogen (secondary N) is 1. The van der Waals surface area contributed by atoms with E-state index >= 15 is 0 Å². The van der Waals surface area contributed by atoms with Gasteiger partial charge in [0.2, 0.25) is 0 Å². The Balaban J connectivity index is 2.26. The van der Waals surface area contributed by atoms with Gasteiger partial charge < -0.3 is 10.2 Å². The highest BCUT2D eigenvalue weighted by Gasteiger charge is 2.31. The molecule has 1 amide bonds. The van der Waals surface area contributed by atoms with Crippen LogP contribution in [0.25, 0.3) is 0 Å². The zero-order valence-corrected chi connectivity index (χ0v) is 12.2. The Hall–Kier alpha value is -1.01. The van der Waals surface area contributed by atoms with Gasteiger partial charge in [-0.05, 0) is 18.5 Å². The molecule has 0 radical (unpaired) electrons. The molecule has 0 aliphatic carbocycles. The van der Waals surface area contributed by atoms with Crippen molar-refractivity contribution >= 4 is 17.4 Å². The van der Waals surface area contributed by atoms with Crippen LogP contribution in [0.4, 0.5) is 0 Å². The summed E-state index contributed by atoms with van der Waals surface area (Å²) in [5.41, 5.74) is 0.665. The van der Waals surface area contributed by atoms with Crippen LogP contribution in [-0.4, -0.2) is 46.1 Å². The Labute approximate surface area is 112 Å². The number of hydrogen-bond acceptors (Lipinski definition) is 5. The largest absolute Gasteiger partial charge is 0.333 e. The van der Waals surface area contributed by atoms with Crippen molar-refractivity contribution < 1.29 is 4.79 Å². The first-order valence-corrected chi connectivity index (χ1v) is 7.03. The van der Waals surface area contributed by atoms with Crippen LogP contribution in [0.3, 0.4) is 0 Å². The second kappa shape index (κ2) is 4.93. The molecule has 0 aromatic carbocycles. The second-order valence-electron chi connectivity index (χ2n) is 5.75. The Morgan fingerprint density at radius 1 is 1.50 bits per heavy atom. The molecule has 2 rings (SSSR count). The van der Waals surface area contributed by atoms with Crippen molar-refractivity contribution in [2.45, 2.75) is 39.2 Å². The number of aromatic nitrogens is 2. The van der Waals surface area contributed by atoms with Crippen LogP contribution in [0.2, 0.25) is 0 Å². The second-order valence-corrected chi connectivity index (χ2v) is 6.51. The van der Waals surface area contributed by atoms with E-state index in [-0.39, 0.29) is 17.4 Å². The molecule has 1 aliphatic heterocycles. The lowest BCUT2D eigenvalue weighted by Gasteiger charge is -2.34. The molecule has 1 fully saturated rings. The molecular weight excluding hydrogens is 248 g/mol. The summed E-state index contributed by atoms with van der Waals surface area (Å²) in [4.78, 5) is 15.2. The molecule has 2 heterocycles. The Morgan fingerprint density at radius 3 is 2.83 bits per heavy atom. The molecule has 1 aliphatic rings. The smallest absolute Gasteiger partial charge is 0.267 e. The minimum atomic E-state index is -0.144. The zero-order valence-electron chi connectivity index (χ0n) is 11.4. The van der Waals surface area contributed by atoms with Gasteiger partial charge >= 0.3 is 0 Å². The molecule has 1 aromatic rings. The monoisotopic (exact) mass is 268 g/mol. The lowest BCUT2D eigenvalue weighted by atomic mass is 9.91. The van der Waals surface area contributed by atoms with Gasteiger partial charge in [0.25, 0.3) is 5.91 Å². The summed E-state index contributed by atoms with van der Waals surface area (Å²) in [6.07, 6.45) is 0. The minimum Gasteiger partial charge on any atom is -0.333 e. The number of nitrogens with zero attached hydrogens (tertiary/aromatic N) is 3. The summed E-state index contributed by atoms with van der Waals surface area (Å²) in [6, 6.07) is 0.223. The molecule has 1 saturated heterocycles. The van der Waals surface area contributed by atoms with Gasteiger partial charge in [0, 0.05) is 31.1 Å². The van der Waals surface area contributed by atoms with Gasteiger partial charge in [0.1, 0.15) is 4.88 Å². The van der Waals surface area contributed by atoms with Crippen LogP contribution in [0.5, 0.6) is 0 Å². The normalized spacial score (nSPS) is 21.1. The van der Waals surface area contributed by atoms with E-state index in [0.717, 1.165) is 25.3 Å². The number of carbonyl (C=O) groups excluding carboxylic acids is 1. The molecule has 6 heteroatoms. The fourth-order valence-corrected chi connectivity index (χ4v) is 2.93. The van der Waals surface area contributed by atoms with Crippen molar-refractivity contribution in [2.24, 2.45) is 0 Å². The third-order valence-electron chi connectivity index (χ3n) is 3.15. The average Bonchev–Trinajstić information content (AvgIpc) is 2.77. The van der Waals surface area contributed by atoms with Crippen molar-refractivity contribution in [3.8, 4) is 0 Å². The molecule has 5 nitrogen and oxygen atoms in total. The van der Waals surface area contributed by atoms with Crippen molar-refractivity contribution in [1.29, 1.82) is 0 Å². The van der Waals surface area contributed by atoms with E-state index in [2.05, 4.69) is 42.6 Å².